The summed E-state index contributed by atoms with van der Waals surface area (Å²) < 4.78 is 34.1. The van der Waals surface area contributed by atoms with Crippen molar-refractivity contribution in [1.29, 1.82) is 0 Å². The van der Waals surface area contributed by atoms with Crippen molar-refractivity contribution < 1.29 is 13.2 Å². The number of hydrogen-bond acceptors (Lipinski definition) is 3. The monoisotopic (exact) mass is 445 g/mol. The van der Waals surface area contributed by atoms with E-state index in [1.165, 1.54) is 0 Å². The van der Waals surface area contributed by atoms with Crippen LogP contribution >= 0.6 is 22.6 Å². The molecule has 0 bridgehead atoms. The summed E-state index contributed by atoms with van der Waals surface area (Å²) >= 11 is 2.06. The van der Waals surface area contributed by atoms with Crippen LogP contribution < -0.4 is 9.46 Å². The first kappa shape index (κ1) is 18.1. The quantitative estimate of drug-likeness (QED) is 0.689. The van der Waals surface area contributed by atoms with Crippen LogP contribution in [0.5, 0.6) is 5.75 Å². The number of para-hydroxylation sites is 1. The molecule has 1 N–H and O–H groups in total. The van der Waals surface area contributed by atoms with Gasteiger partial charge in [0.15, 0.2) is 0 Å². The van der Waals surface area contributed by atoms with Crippen molar-refractivity contribution in [2.45, 2.75) is 31.6 Å². The SMILES string of the molecule is COc1ccc(S(=O)(=O)Nc2c(C)cccc2C(C)C)cc1I. The summed E-state index contributed by atoms with van der Waals surface area (Å²) in [5, 5.41) is 0. The molecule has 6 heteroatoms. The first-order valence-corrected chi connectivity index (χ1v) is 9.78. The summed E-state index contributed by atoms with van der Waals surface area (Å²) in [5.41, 5.74) is 2.55. The van der Waals surface area contributed by atoms with E-state index in [1.807, 2.05) is 39.0 Å². The number of ether oxygens (including phenoxy) is 1. The van der Waals surface area contributed by atoms with Gasteiger partial charge in [0.1, 0.15) is 5.75 Å². The molecule has 0 amide bonds. The van der Waals surface area contributed by atoms with E-state index in [4.69, 9.17) is 4.74 Å². The van der Waals surface area contributed by atoms with Gasteiger partial charge in [0.2, 0.25) is 0 Å². The molecule has 0 saturated carbocycles. The summed E-state index contributed by atoms with van der Waals surface area (Å²) in [6, 6.07) is 10.6. The molecule has 0 aromatic heterocycles. The van der Waals surface area contributed by atoms with Crippen molar-refractivity contribution >= 4 is 38.3 Å². The van der Waals surface area contributed by atoms with Gasteiger partial charge in [-0.1, -0.05) is 32.0 Å². The molecule has 124 valence electrons. The lowest BCUT2D eigenvalue weighted by atomic mass is 9.99. The highest BCUT2D eigenvalue weighted by atomic mass is 127. The van der Waals surface area contributed by atoms with Crippen LogP contribution in [0.25, 0.3) is 0 Å². The van der Waals surface area contributed by atoms with Crippen LogP contribution in [0.4, 0.5) is 5.69 Å². The number of nitrogens with one attached hydrogen (secondary N) is 1. The number of rotatable bonds is 5. The Morgan fingerprint density at radius 1 is 1.17 bits per heavy atom. The molecule has 0 radical (unpaired) electrons. The Balaban J connectivity index is 2.45. The molecule has 0 saturated heterocycles. The van der Waals surface area contributed by atoms with Crippen molar-refractivity contribution in [3.8, 4) is 5.75 Å². The van der Waals surface area contributed by atoms with E-state index in [9.17, 15) is 8.42 Å². The van der Waals surface area contributed by atoms with Crippen molar-refractivity contribution in [2.24, 2.45) is 0 Å². The van der Waals surface area contributed by atoms with Gasteiger partial charge in [-0.2, -0.15) is 0 Å². The number of sulfonamides is 1. The Morgan fingerprint density at radius 2 is 1.87 bits per heavy atom. The van der Waals surface area contributed by atoms with Crippen LogP contribution in [0, 0.1) is 10.5 Å². The van der Waals surface area contributed by atoms with Gasteiger partial charge >= 0.3 is 0 Å². The molecule has 0 aliphatic heterocycles. The molecule has 0 fully saturated rings. The standard InChI is InChI=1S/C17H20INO3S/c1-11(2)14-7-5-6-12(3)17(14)19-23(20,21)13-8-9-16(22-4)15(18)10-13/h5-11,19H,1-4H3. The van der Waals surface area contributed by atoms with Gasteiger partial charge in [-0.15, -0.1) is 0 Å². The van der Waals surface area contributed by atoms with E-state index in [-0.39, 0.29) is 10.8 Å². The summed E-state index contributed by atoms with van der Waals surface area (Å²) in [5.74, 6) is 0.881. The normalized spacial score (nSPS) is 11.6. The van der Waals surface area contributed by atoms with Crippen LogP contribution in [0.2, 0.25) is 0 Å². The minimum Gasteiger partial charge on any atom is -0.496 e. The third kappa shape index (κ3) is 3.98. The Morgan fingerprint density at radius 3 is 2.43 bits per heavy atom. The van der Waals surface area contributed by atoms with Gasteiger partial charge < -0.3 is 4.74 Å². The zero-order valence-electron chi connectivity index (χ0n) is 13.6. The fourth-order valence-corrected chi connectivity index (χ4v) is 4.45. The molecule has 0 atom stereocenters. The number of benzene rings is 2. The van der Waals surface area contributed by atoms with Crippen LogP contribution in [0.1, 0.15) is 30.9 Å². The highest BCUT2D eigenvalue weighted by Crippen LogP contribution is 2.30. The van der Waals surface area contributed by atoms with Crippen LogP contribution in [-0.2, 0) is 10.0 Å². The van der Waals surface area contributed by atoms with Gasteiger partial charge in [-0.3, -0.25) is 4.72 Å². The largest absolute Gasteiger partial charge is 0.496 e. The molecule has 4 nitrogen and oxygen atoms in total. The van der Waals surface area contributed by atoms with Crippen molar-refractivity contribution in [1.82, 2.24) is 0 Å². The second-order valence-corrected chi connectivity index (χ2v) is 8.44. The molecule has 2 aromatic carbocycles. The highest BCUT2D eigenvalue weighted by molar-refractivity contribution is 14.1. The Hall–Kier alpha value is -1.28. The van der Waals surface area contributed by atoms with Crippen molar-refractivity contribution in [2.75, 3.05) is 11.8 Å². The lowest BCUT2D eigenvalue weighted by Gasteiger charge is -2.17. The smallest absolute Gasteiger partial charge is 0.261 e. The third-order valence-corrected chi connectivity index (χ3v) is 5.79. The number of methoxy groups -OCH3 is 1. The van der Waals surface area contributed by atoms with E-state index < -0.39 is 10.0 Å². The summed E-state index contributed by atoms with van der Waals surface area (Å²) in [6.45, 7) is 5.99. The molecule has 0 aliphatic rings. The predicted octanol–water partition coefficient (Wildman–Crippen LogP) is 4.53. The molecule has 0 unspecified atom stereocenters. The fourth-order valence-electron chi connectivity index (χ4n) is 2.32. The number of anilines is 1. The van der Waals surface area contributed by atoms with Gasteiger partial charge in [0, 0.05) is 0 Å². The van der Waals surface area contributed by atoms with E-state index >= 15 is 0 Å². The lowest BCUT2D eigenvalue weighted by Crippen LogP contribution is -2.16. The summed E-state index contributed by atoms with van der Waals surface area (Å²) in [7, 11) is -2.09. The maximum absolute atomic E-state index is 12.7. The second kappa shape index (κ2) is 7.09. The molecule has 0 aliphatic carbocycles. The van der Waals surface area contributed by atoms with E-state index in [2.05, 4.69) is 27.3 Å². The van der Waals surface area contributed by atoms with Crippen molar-refractivity contribution in [3.05, 3.63) is 51.1 Å². The minimum atomic E-state index is -3.65. The second-order valence-electron chi connectivity index (χ2n) is 5.60. The van der Waals surface area contributed by atoms with E-state index in [0.717, 1.165) is 14.7 Å². The number of aryl methyl sites for hydroxylation is 1. The third-order valence-electron chi connectivity index (χ3n) is 3.60. The molecule has 23 heavy (non-hydrogen) atoms. The van der Waals surface area contributed by atoms with Gasteiger partial charge in [0.25, 0.3) is 10.0 Å². The molecular weight excluding hydrogens is 425 g/mol. The summed E-state index contributed by atoms with van der Waals surface area (Å²) in [4.78, 5) is 0.223. The Kier molecular flexibility index (Phi) is 5.57. The van der Waals surface area contributed by atoms with Crippen LogP contribution in [0.15, 0.2) is 41.3 Å². The average molecular weight is 445 g/mol. The molecule has 0 heterocycles. The zero-order chi connectivity index (χ0) is 17.2. The average Bonchev–Trinajstić information content (AvgIpc) is 2.48. The molecule has 2 rings (SSSR count). The molecule has 0 spiro atoms. The summed E-state index contributed by atoms with van der Waals surface area (Å²) in [6.07, 6.45) is 0. The first-order valence-electron chi connectivity index (χ1n) is 7.22. The minimum absolute atomic E-state index is 0.223. The highest BCUT2D eigenvalue weighted by Gasteiger charge is 2.19. The maximum Gasteiger partial charge on any atom is 0.261 e. The number of hydrogen-bond donors (Lipinski definition) is 1. The van der Waals surface area contributed by atoms with Crippen LogP contribution in [0.3, 0.4) is 0 Å². The molecular formula is C17H20INO3S. The van der Waals surface area contributed by atoms with E-state index in [0.29, 0.717) is 11.4 Å². The topological polar surface area (TPSA) is 55.4 Å². The zero-order valence-corrected chi connectivity index (χ0v) is 16.5. The Bertz CT molecular complexity index is 817. The van der Waals surface area contributed by atoms with Gasteiger partial charge in [0.05, 0.1) is 21.3 Å². The maximum atomic E-state index is 12.7. The first-order chi connectivity index (χ1) is 10.8. The Labute approximate surface area is 151 Å². The van der Waals surface area contributed by atoms with E-state index in [1.54, 1.807) is 25.3 Å². The predicted molar refractivity (Wildman–Crippen MR) is 102 cm³/mol. The number of halogens is 1. The van der Waals surface area contributed by atoms with Gasteiger partial charge in [-0.05, 0) is 64.8 Å². The van der Waals surface area contributed by atoms with Gasteiger partial charge in [-0.25, -0.2) is 8.42 Å². The molecule has 2 aromatic rings. The lowest BCUT2D eigenvalue weighted by molar-refractivity contribution is 0.411. The van der Waals surface area contributed by atoms with Crippen LogP contribution in [-0.4, -0.2) is 15.5 Å². The fraction of sp³-hybridized carbons (Fsp3) is 0.294. The van der Waals surface area contributed by atoms with Crippen molar-refractivity contribution in [3.63, 3.8) is 0 Å².